The van der Waals surface area contributed by atoms with E-state index in [2.05, 4.69) is 0 Å². The van der Waals surface area contributed by atoms with Crippen LogP contribution in [0.15, 0.2) is 30.3 Å². The fraction of sp³-hybridized carbons (Fsp3) is 0.471. The summed E-state index contributed by atoms with van der Waals surface area (Å²) < 4.78 is 15.0. The van der Waals surface area contributed by atoms with Gasteiger partial charge in [-0.2, -0.15) is 0 Å². The van der Waals surface area contributed by atoms with Crippen molar-refractivity contribution in [2.45, 2.75) is 20.5 Å². The molecule has 23 heavy (non-hydrogen) atoms. The first-order valence-electron chi connectivity index (χ1n) is 7.64. The Balaban J connectivity index is 1.98. The molecule has 6 heteroatoms. The molecule has 0 saturated heterocycles. The van der Waals surface area contributed by atoms with E-state index in [-0.39, 0.29) is 19.8 Å². The normalized spacial score (nSPS) is 22.1. The van der Waals surface area contributed by atoms with Crippen molar-refractivity contribution < 1.29 is 28.6 Å². The zero-order chi connectivity index (χ0) is 16.8. The highest BCUT2D eigenvalue weighted by Gasteiger charge is 2.65. The standard InChI is InChI=1S/C17H20O6/c1-3-21-15(18)12-13(16(19)22-4-2)14(12)17(20)23-10-11-8-6-5-7-9-11/h5-9,12-14H,3-4,10H2,1-2H3/t12-,13-/m0/s1. The van der Waals surface area contributed by atoms with Crippen LogP contribution in [0.1, 0.15) is 19.4 Å². The molecule has 0 aliphatic heterocycles. The van der Waals surface area contributed by atoms with Crippen LogP contribution >= 0.6 is 0 Å². The fourth-order valence-corrected chi connectivity index (χ4v) is 2.49. The smallest absolute Gasteiger partial charge is 0.311 e. The van der Waals surface area contributed by atoms with Crippen molar-refractivity contribution in [3.63, 3.8) is 0 Å². The predicted molar refractivity (Wildman–Crippen MR) is 80.0 cm³/mol. The van der Waals surface area contributed by atoms with E-state index in [1.165, 1.54) is 0 Å². The Hall–Kier alpha value is -2.37. The second kappa shape index (κ2) is 7.76. The van der Waals surface area contributed by atoms with E-state index in [1.807, 2.05) is 30.3 Å². The van der Waals surface area contributed by atoms with Gasteiger partial charge in [-0.05, 0) is 19.4 Å². The van der Waals surface area contributed by atoms with Crippen molar-refractivity contribution in [1.29, 1.82) is 0 Å². The van der Waals surface area contributed by atoms with E-state index in [4.69, 9.17) is 14.2 Å². The Labute approximate surface area is 134 Å². The number of hydrogen-bond donors (Lipinski definition) is 0. The van der Waals surface area contributed by atoms with Crippen LogP contribution in [0.5, 0.6) is 0 Å². The van der Waals surface area contributed by atoms with Crippen molar-refractivity contribution in [3.8, 4) is 0 Å². The van der Waals surface area contributed by atoms with Gasteiger partial charge in [0.25, 0.3) is 0 Å². The molecule has 0 amide bonds. The SMILES string of the molecule is CCOC(=O)[C@@H]1C(C(=O)OCc2ccccc2)[C@H]1C(=O)OCC. The van der Waals surface area contributed by atoms with E-state index in [0.29, 0.717) is 0 Å². The third kappa shape index (κ3) is 4.09. The third-order valence-corrected chi connectivity index (χ3v) is 3.63. The van der Waals surface area contributed by atoms with E-state index in [1.54, 1.807) is 13.8 Å². The fourth-order valence-electron chi connectivity index (χ4n) is 2.49. The lowest BCUT2D eigenvalue weighted by Gasteiger charge is -2.04. The lowest BCUT2D eigenvalue weighted by molar-refractivity contribution is -0.152. The quantitative estimate of drug-likeness (QED) is 0.562. The first kappa shape index (κ1) is 17.0. The molecule has 0 heterocycles. The summed E-state index contributed by atoms with van der Waals surface area (Å²) in [4.78, 5) is 35.9. The van der Waals surface area contributed by atoms with Crippen LogP contribution in [-0.2, 0) is 35.2 Å². The van der Waals surface area contributed by atoms with Crippen molar-refractivity contribution in [3.05, 3.63) is 35.9 Å². The summed E-state index contributed by atoms with van der Waals surface area (Å²) in [6.45, 7) is 3.82. The van der Waals surface area contributed by atoms with Gasteiger partial charge in [0.2, 0.25) is 0 Å². The molecule has 0 aromatic heterocycles. The molecule has 1 aliphatic carbocycles. The topological polar surface area (TPSA) is 78.9 Å². The Morgan fingerprint density at radius 1 is 0.783 bits per heavy atom. The molecule has 0 spiro atoms. The van der Waals surface area contributed by atoms with Crippen LogP contribution < -0.4 is 0 Å². The average Bonchev–Trinajstić information content (AvgIpc) is 3.30. The van der Waals surface area contributed by atoms with Gasteiger partial charge in [-0.15, -0.1) is 0 Å². The van der Waals surface area contributed by atoms with Crippen LogP contribution in [0, 0.1) is 17.8 Å². The Kier molecular flexibility index (Phi) is 5.73. The van der Waals surface area contributed by atoms with Gasteiger partial charge in [-0.25, -0.2) is 0 Å². The predicted octanol–water partition coefficient (Wildman–Crippen LogP) is 1.72. The minimum atomic E-state index is -0.822. The average molecular weight is 320 g/mol. The van der Waals surface area contributed by atoms with Crippen LogP contribution in [0.25, 0.3) is 0 Å². The summed E-state index contributed by atoms with van der Waals surface area (Å²) in [5, 5.41) is 0. The van der Waals surface area contributed by atoms with Crippen LogP contribution in [-0.4, -0.2) is 31.1 Å². The highest BCUT2D eigenvalue weighted by Crippen LogP contribution is 2.49. The first-order chi connectivity index (χ1) is 11.1. The van der Waals surface area contributed by atoms with Crippen LogP contribution in [0.4, 0.5) is 0 Å². The maximum Gasteiger partial charge on any atom is 0.311 e. The van der Waals surface area contributed by atoms with Gasteiger partial charge in [0.05, 0.1) is 31.0 Å². The number of carbonyl (C=O) groups excluding carboxylic acids is 3. The number of hydrogen-bond acceptors (Lipinski definition) is 6. The van der Waals surface area contributed by atoms with Gasteiger partial charge in [0.15, 0.2) is 0 Å². The van der Waals surface area contributed by atoms with Gasteiger partial charge in [-0.3, -0.25) is 14.4 Å². The largest absolute Gasteiger partial charge is 0.466 e. The molecule has 1 aromatic rings. The molecule has 2 rings (SSSR count). The molecule has 1 saturated carbocycles. The molecule has 0 radical (unpaired) electrons. The molecular weight excluding hydrogens is 300 g/mol. The molecule has 124 valence electrons. The Morgan fingerprint density at radius 2 is 1.22 bits per heavy atom. The van der Waals surface area contributed by atoms with Gasteiger partial charge < -0.3 is 14.2 Å². The van der Waals surface area contributed by atoms with Gasteiger partial charge >= 0.3 is 17.9 Å². The minimum Gasteiger partial charge on any atom is -0.466 e. The van der Waals surface area contributed by atoms with E-state index in [9.17, 15) is 14.4 Å². The highest BCUT2D eigenvalue weighted by molar-refractivity contribution is 5.97. The minimum absolute atomic E-state index is 0.0985. The summed E-state index contributed by atoms with van der Waals surface area (Å²) in [6.07, 6.45) is 0. The zero-order valence-electron chi connectivity index (χ0n) is 13.2. The summed E-state index contributed by atoms with van der Waals surface area (Å²) in [5.74, 6) is -4.14. The molecule has 1 aliphatic rings. The summed E-state index contributed by atoms with van der Waals surface area (Å²) in [6, 6.07) is 9.18. The van der Waals surface area contributed by atoms with E-state index >= 15 is 0 Å². The summed E-state index contributed by atoms with van der Waals surface area (Å²) in [5.41, 5.74) is 0.835. The van der Waals surface area contributed by atoms with E-state index in [0.717, 1.165) is 5.56 Å². The van der Waals surface area contributed by atoms with Crippen molar-refractivity contribution >= 4 is 17.9 Å². The number of rotatable bonds is 7. The number of carbonyl (C=O) groups is 3. The molecule has 1 aromatic carbocycles. The molecule has 6 nitrogen and oxygen atoms in total. The van der Waals surface area contributed by atoms with E-state index < -0.39 is 35.7 Å². The number of benzene rings is 1. The second-order valence-corrected chi connectivity index (χ2v) is 5.17. The molecule has 2 atom stereocenters. The van der Waals surface area contributed by atoms with Crippen LogP contribution in [0.2, 0.25) is 0 Å². The zero-order valence-corrected chi connectivity index (χ0v) is 13.2. The molecule has 0 N–H and O–H groups in total. The third-order valence-electron chi connectivity index (χ3n) is 3.63. The Bertz CT molecular complexity index is 544. The van der Waals surface area contributed by atoms with Crippen LogP contribution in [0.3, 0.4) is 0 Å². The lowest BCUT2D eigenvalue weighted by Crippen LogP contribution is -2.13. The number of ether oxygens (including phenoxy) is 3. The van der Waals surface area contributed by atoms with Gasteiger partial charge in [0, 0.05) is 0 Å². The summed E-state index contributed by atoms with van der Waals surface area (Å²) >= 11 is 0. The maximum absolute atomic E-state index is 12.2. The number of esters is 3. The van der Waals surface area contributed by atoms with Crippen molar-refractivity contribution in [2.75, 3.05) is 13.2 Å². The van der Waals surface area contributed by atoms with Gasteiger partial charge in [-0.1, -0.05) is 30.3 Å². The molecule has 0 bridgehead atoms. The van der Waals surface area contributed by atoms with Crippen molar-refractivity contribution in [1.82, 2.24) is 0 Å². The Morgan fingerprint density at radius 3 is 1.65 bits per heavy atom. The molecule has 1 fully saturated rings. The van der Waals surface area contributed by atoms with Gasteiger partial charge in [0.1, 0.15) is 6.61 Å². The second-order valence-electron chi connectivity index (χ2n) is 5.17. The molecular formula is C17H20O6. The summed E-state index contributed by atoms with van der Waals surface area (Å²) in [7, 11) is 0. The maximum atomic E-state index is 12.2. The lowest BCUT2D eigenvalue weighted by atomic mass is 10.2. The first-order valence-corrected chi connectivity index (χ1v) is 7.64. The monoisotopic (exact) mass is 320 g/mol. The molecule has 0 unspecified atom stereocenters. The van der Waals surface area contributed by atoms with Crippen molar-refractivity contribution in [2.24, 2.45) is 17.8 Å². The highest BCUT2D eigenvalue weighted by atomic mass is 16.6.